The van der Waals surface area contributed by atoms with Crippen molar-refractivity contribution in [3.05, 3.63) is 29.6 Å². The summed E-state index contributed by atoms with van der Waals surface area (Å²) in [6.45, 7) is 0.513. The molecule has 1 aliphatic carbocycles. The van der Waals surface area contributed by atoms with E-state index in [4.69, 9.17) is 5.73 Å². The predicted octanol–water partition coefficient (Wildman–Crippen LogP) is 1.31. The fourth-order valence-corrected chi connectivity index (χ4v) is 3.11. The molecule has 100 valence electrons. The van der Waals surface area contributed by atoms with Gasteiger partial charge >= 0.3 is 0 Å². The second kappa shape index (κ2) is 4.95. The second-order valence-electron chi connectivity index (χ2n) is 4.69. The third-order valence-electron chi connectivity index (χ3n) is 3.16. The zero-order valence-corrected chi connectivity index (χ0v) is 11.1. The Morgan fingerprint density at radius 1 is 1.44 bits per heavy atom. The Labute approximate surface area is 107 Å². The van der Waals surface area contributed by atoms with Crippen molar-refractivity contribution in [2.45, 2.75) is 24.3 Å². The standard InChI is InChI=1S/C12H17FN2O2S/c1-15(8-9-2-3-9)18(16,17)11-4-5-12(13)10(6-11)7-14/h4-6,9H,2-3,7-8,14H2,1H3. The van der Waals surface area contributed by atoms with Gasteiger partial charge in [-0.1, -0.05) is 0 Å². The van der Waals surface area contributed by atoms with Gasteiger partial charge in [0.2, 0.25) is 10.0 Å². The number of sulfonamides is 1. The molecule has 4 nitrogen and oxygen atoms in total. The van der Waals surface area contributed by atoms with E-state index in [1.54, 1.807) is 7.05 Å². The molecule has 0 unspecified atom stereocenters. The Hall–Kier alpha value is -0.980. The summed E-state index contributed by atoms with van der Waals surface area (Å²) in [5, 5.41) is 0. The van der Waals surface area contributed by atoms with Crippen molar-refractivity contribution in [3.8, 4) is 0 Å². The summed E-state index contributed by atoms with van der Waals surface area (Å²) < 4.78 is 39.1. The van der Waals surface area contributed by atoms with Crippen LogP contribution in [0.4, 0.5) is 4.39 Å². The molecule has 1 aromatic rings. The molecule has 6 heteroatoms. The SMILES string of the molecule is CN(CC1CC1)S(=O)(=O)c1ccc(F)c(CN)c1. The maximum Gasteiger partial charge on any atom is 0.242 e. The molecule has 1 aliphatic rings. The average Bonchev–Trinajstić information content (AvgIpc) is 3.13. The lowest BCUT2D eigenvalue weighted by molar-refractivity contribution is 0.452. The van der Waals surface area contributed by atoms with Gasteiger partial charge in [-0.05, 0) is 37.0 Å². The van der Waals surface area contributed by atoms with Crippen LogP contribution in [0.3, 0.4) is 0 Å². The minimum absolute atomic E-state index is 0.0124. The Bertz CT molecular complexity index is 541. The lowest BCUT2D eigenvalue weighted by atomic mass is 10.2. The van der Waals surface area contributed by atoms with Gasteiger partial charge in [0.1, 0.15) is 5.82 Å². The van der Waals surface area contributed by atoms with E-state index in [9.17, 15) is 12.8 Å². The van der Waals surface area contributed by atoms with Gasteiger partial charge in [-0.25, -0.2) is 17.1 Å². The molecule has 0 amide bonds. The van der Waals surface area contributed by atoms with Gasteiger partial charge < -0.3 is 5.73 Å². The molecule has 2 rings (SSSR count). The highest BCUT2D eigenvalue weighted by Gasteiger charge is 2.29. The number of hydrogen-bond donors (Lipinski definition) is 1. The highest BCUT2D eigenvalue weighted by atomic mass is 32.2. The number of hydrogen-bond acceptors (Lipinski definition) is 3. The monoisotopic (exact) mass is 272 g/mol. The highest BCUT2D eigenvalue weighted by molar-refractivity contribution is 7.89. The molecule has 0 spiro atoms. The summed E-state index contributed by atoms with van der Waals surface area (Å²) in [7, 11) is -1.98. The van der Waals surface area contributed by atoms with Crippen LogP contribution in [0, 0.1) is 11.7 Å². The molecule has 18 heavy (non-hydrogen) atoms. The number of halogens is 1. The fraction of sp³-hybridized carbons (Fsp3) is 0.500. The number of nitrogens with two attached hydrogens (primary N) is 1. The largest absolute Gasteiger partial charge is 0.326 e. The van der Waals surface area contributed by atoms with Crippen molar-refractivity contribution in [1.82, 2.24) is 4.31 Å². The zero-order chi connectivity index (χ0) is 13.3. The number of benzene rings is 1. The van der Waals surface area contributed by atoms with Crippen molar-refractivity contribution in [2.75, 3.05) is 13.6 Å². The molecule has 0 bridgehead atoms. The van der Waals surface area contributed by atoms with Crippen molar-refractivity contribution in [1.29, 1.82) is 0 Å². The van der Waals surface area contributed by atoms with Gasteiger partial charge in [0.25, 0.3) is 0 Å². The summed E-state index contributed by atoms with van der Waals surface area (Å²) >= 11 is 0. The van der Waals surface area contributed by atoms with Crippen LogP contribution < -0.4 is 5.73 Å². The lowest BCUT2D eigenvalue weighted by Crippen LogP contribution is -2.29. The quantitative estimate of drug-likeness (QED) is 0.879. The molecule has 2 N–H and O–H groups in total. The molecule has 0 heterocycles. The smallest absolute Gasteiger partial charge is 0.242 e. The second-order valence-corrected chi connectivity index (χ2v) is 6.73. The maximum absolute atomic E-state index is 13.3. The van der Waals surface area contributed by atoms with Gasteiger partial charge in [-0.2, -0.15) is 0 Å². The Kier molecular flexibility index (Phi) is 3.70. The molecule has 1 fully saturated rings. The average molecular weight is 272 g/mol. The Balaban J connectivity index is 2.27. The summed E-state index contributed by atoms with van der Waals surface area (Å²) in [5.41, 5.74) is 5.60. The van der Waals surface area contributed by atoms with Crippen molar-refractivity contribution in [2.24, 2.45) is 11.7 Å². The topological polar surface area (TPSA) is 63.4 Å². The molecule has 0 atom stereocenters. The Morgan fingerprint density at radius 3 is 2.67 bits per heavy atom. The number of rotatable bonds is 5. The summed E-state index contributed by atoms with van der Waals surface area (Å²) in [5.74, 6) is 0.000461. The van der Waals surface area contributed by atoms with E-state index in [1.165, 1.54) is 16.4 Å². The first kappa shape index (κ1) is 13.5. The van der Waals surface area contributed by atoms with E-state index < -0.39 is 15.8 Å². The van der Waals surface area contributed by atoms with Gasteiger partial charge in [0.15, 0.2) is 0 Å². The lowest BCUT2D eigenvalue weighted by Gasteiger charge is -2.17. The molecule has 0 radical (unpaired) electrons. The molecular formula is C12H17FN2O2S. The Morgan fingerprint density at radius 2 is 2.11 bits per heavy atom. The van der Waals surface area contributed by atoms with Crippen molar-refractivity contribution in [3.63, 3.8) is 0 Å². The summed E-state index contributed by atoms with van der Waals surface area (Å²) in [4.78, 5) is 0.104. The fourth-order valence-electron chi connectivity index (χ4n) is 1.81. The minimum Gasteiger partial charge on any atom is -0.326 e. The van der Waals surface area contributed by atoms with Crippen LogP contribution >= 0.6 is 0 Å². The van der Waals surface area contributed by atoms with Gasteiger partial charge in [0.05, 0.1) is 4.90 Å². The first-order chi connectivity index (χ1) is 8.45. The predicted molar refractivity (Wildman–Crippen MR) is 66.8 cm³/mol. The summed E-state index contributed by atoms with van der Waals surface area (Å²) in [6.07, 6.45) is 2.16. The van der Waals surface area contributed by atoms with E-state index in [0.29, 0.717) is 12.5 Å². The highest BCUT2D eigenvalue weighted by Crippen LogP contribution is 2.31. The van der Waals surface area contributed by atoms with Crippen LogP contribution in [0.1, 0.15) is 18.4 Å². The van der Waals surface area contributed by atoms with E-state index in [2.05, 4.69) is 0 Å². The molecule has 0 aliphatic heterocycles. The first-order valence-electron chi connectivity index (χ1n) is 5.90. The third-order valence-corrected chi connectivity index (χ3v) is 4.98. The summed E-state index contributed by atoms with van der Waals surface area (Å²) in [6, 6.07) is 3.75. The van der Waals surface area contributed by atoms with Crippen molar-refractivity contribution < 1.29 is 12.8 Å². The van der Waals surface area contributed by atoms with Crippen LogP contribution in [0.25, 0.3) is 0 Å². The van der Waals surface area contributed by atoms with Gasteiger partial charge in [-0.15, -0.1) is 0 Å². The molecule has 1 saturated carbocycles. The maximum atomic E-state index is 13.3. The first-order valence-corrected chi connectivity index (χ1v) is 7.34. The van der Waals surface area contributed by atoms with Crippen LogP contribution in [-0.4, -0.2) is 26.3 Å². The van der Waals surface area contributed by atoms with E-state index in [-0.39, 0.29) is 17.0 Å². The minimum atomic E-state index is -3.53. The van der Waals surface area contributed by atoms with Gasteiger partial charge in [-0.3, -0.25) is 0 Å². The van der Waals surface area contributed by atoms with E-state index >= 15 is 0 Å². The van der Waals surface area contributed by atoms with Crippen LogP contribution in [-0.2, 0) is 16.6 Å². The molecular weight excluding hydrogens is 255 g/mol. The van der Waals surface area contributed by atoms with Crippen molar-refractivity contribution >= 4 is 10.0 Å². The van der Waals surface area contributed by atoms with E-state index in [0.717, 1.165) is 18.9 Å². The molecule has 0 aromatic heterocycles. The van der Waals surface area contributed by atoms with Crippen LogP contribution in [0.5, 0.6) is 0 Å². The third kappa shape index (κ3) is 2.71. The normalized spacial score (nSPS) is 16.2. The number of nitrogens with zero attached hydrogens (tertiary/aromatic N) is 1. The van der Waals surface area contributed by atoms with Crippen LogP contribution in [0.2, 0.25) is 0 Å². The van der Waals surface area contributed by atoms with Gasteiger partial charge in [0, 0.05) is 25.7 Å². The molecule has 0 saturated heterocycles. The zero-order valence-electron chi connectivity index (χ0n) is 10.3. The molecule has 1 aromatic carbocycles. The van der Waals surface area contributed by atoms with E-state index in [1.807, 2.05) is 0 Å². The van der Waals surface area contributed by atoms with Crippen LogP contribution in [0.15, 0.2) is 23.1 Å².